The molecule has 0 aliphatic heterocycles. The summed E-state index contributed by atoms with van der Waals surface area (Å²) in [5.74, 6) is 0.263. The lowest BCUT2D eigenvalue weighted by atomic mass is 10.2. The second-order valence-corrected chi connectivity index (χ2v) is 7.52. The first-order valence-electron chi connectivity index (χ1n) is 8.14. The normalized spacial score (nSPS) is 10.5. The number of nitrogens with one attached hydrogen (secondary N) is 1. The van der Waals surface area contributed by atoms with Crippen LogP contribution in [0.15, 0.2) is 58.3 Å². The molecule has 1 aromatic carbocycles. The molecule has 2 heterocycles. The van der Waals surface area contributed by atoms with E-state index < -0.39 is 0 Å². The van der Waals surface area contributed by atoms with Crippen LogP contribution < -0.4 is 10.9 Å². The molecule has 6 nitrogen and oxygen atoms in total. The molecule has 0 saturated heterocycles. The number of anilines is 1. The molecule has 0 radical (unpaired) electrons. The predicted molar refractivity (Wildman–Crippen MR) is 109 cm³/mol. The molecular weight excluding hydrogens is 380 g/mol. The van der Waals surface area contributed by atoms with Crippen LogP contribution in [0, 0.1) is 11.3 Å². The number of fused-ring (bicyclic) bond motifs is 1. The Labute approximate surface area is 164 Å². The molecule has 1 amide bonds. The number of aromatic nitrogens is 2. The molecule has 1 N–H and O–H groups in total. The number of carbonyl (C=O) groups is 1. The maximum atomic E-state index is 12.6. The first-order valence-corrected chi connectivity index (χ1v) is 10.0. The summed E-state index contributed by atoms with van der Waals surface area (Å²) < 4.78 is 2.19. The van der Waals surface area contributed by atoms with Crippen LogP contribution in [-0.4, -0.2) is 21.2 Å². The van der Waals surface area contributed by atoms with Crippen molar-refractivity contribution in [3.05, 3.63) is 64.3 Å². The van der Waals surface area contributed by atoms with E-state index in [9.17, 15) is 9.59 Å². The lowest BCUT2D eigenvalue weighted by Crippen LogP contribution is -2.22. The Bertz CT molecular complexity index is 1100. The number of allylic oxidation sites excluding steroid dienone is 1. The Balaban J connectivity index is 1.69. The van der Waals surface area contributed by atoms with Gasteiger partial charge in [0, 0.05) is 18.7 Å². The van der Waals surface area contributed by atoms with Gasteiger partial charge in [-0.1, -0.05) is 30.0 Å². The number of hydrogen-bond donors (Lipinski definition) is 1. The van der Waals surface area contributed by atoms with E-state index in [2.05, 4.69) is 16.9 Å². The van der Waals surface area contributed by atoms with Crippen molar-refractivity contribution in [2.75, 3.05) is 11.1 Å². The van der Waals surface area contributed by atoms with E-state index in [4.69, 9.17) is 5.26 Å². The van der Waals surface area contributed by atoms with Gasteiger partial charge < -0.3 is 5.32 Å². The van der Waals surface area contributed by atoms with Crippen LogP contribution in [0.25, 0.3) is 10.2 Å². The zero-order valence-corrected chi connectivity index (χ0v) is 16.0. The van der Waals surface area contributed by atoms with Gasteiger partial charge in [0.2, 0.25) is 5.91 Å². The fraction of sp³-hybridized carbons (Fsp3) is 0.158. The van der Waals surface area contributed by atoms with Crippen molar-refractivity contribution in [1.82, 2.24) is 9.55 Å². The summed E-state index contributed by atoms with van der Waals surface area (Å²) in [7, 11) is 0. The van der Waals surface area contributed by atoms with Crippen molar-refractivity contribution in [1.29, 1.82) is 5.26 Å². The molecule has 2 aromatic heterocycles. The minimum absolute atomic E-state index is 0.0928. The maximum absolute atomic E-state index is 12.6. The van der Waals surface area contributed by atoms with E-state index in [1.165, 1.54) is 23.1 Å². The number of thiophene rings is 1. The summed E-state index contributed by atoms with van der Waals surface area (Å²) in [4.78, 5) is 29.3. The first-order chi connectivity index (χ1) is 13.1. The van der Waals surface area contributed by atoms with Crippen LogP contribution in [0.1, 0.15) is 12.0 Å². The van der Waals surface area contributed by atoms with E-state index in [-0.39, 0.29) is 17.9 Å². The third-order valence-corrected chi connectivity index (χ3v) is 5.59. The number of nitriles is 1. The minimum atomic E-state index is -0.195. The van der Waals surface area contributed by atoms with Crippen LogP contribution in [-0.2, 0) is 11.3 Å². The molecule has 27 heavy (non-hydrogen) atoms. The summed E-state index contributed by atoms with van der Waals surface area (Å²) in [6.45, 7) is 4.06. The summed E-state index contributed by atoms with van der Waals surface area (Å²) in [5.41, 5.74) is 1.49. The standard InChI is InChI=1S/C19H16N4O2S2/c1-2-9-23-18(25)17-15(7-10-26-17)22-19(23)27-11-8-16(24)21-14-6-4-3-5-13(14)12-20/h2-7,10H,1,8-9,11H2,(H,21,24). The zero-order chi connectivity index (χ0) is 19.2. The van der Waals surface area contributed by atoms with Gasteiger partial charge in [0.1, 0.15) is 10.8 Å². The van der Waals surface area contributed by atoms with Crippen LogP contribution >= 0.6 is 23.1 Å². The third kappa shape index (κ3) is 4.27. The quantitative estimate of drug-likeness (QED) is 0.374. The highest BCUT2D eigenvalue weighted by Crippen LogP contribution is 2.22. The highest BCUT2D eigenvalue weighted by Gasteiger charge is 2.13. The molecule has 0 bridgehead atoms. The van der Waals surface area contributed by atoms with Gasteiger partial charge in [0.05, 0.1) is 16.8 Å². The number of amides is 1. The topological polar surface area (TPSA) is 87.8 Å². The molecule has 3 rings (SSSR count). The van der Waals surface area contributed by atoms with Crippen molar-refractivity contribution in [2.24, 2.45) is 0 Å². The smallest absolute Gasteiger partial charge is 0.272 e. The van der Waals surface area contributed by atoms with Gasteiger partial charge in [-0.3, -0.25) is 14.2 Å². The average Bonchev–Trinajstić information content (AvgIpc) is 3.14. The Morgan fingerprint density at radius 2 is 2.22 bits per heavy atom. The van der Waals surface area contributed by atoms with E-state index in [0.717, 1.165) is 0 Å². The van der Waals surface area contributed by atoms with Crippen LogP contribution in [0.2, 0.25) is 0 Å². The molecular formula is C19H16N4O2S2. The van der Waals surface area contributed by atoms with Gasteiger partial charge in [-0.15, -0.1) is 17.9 Å². The Kier molecular flexibility index (Phi) is 6.06. The molecule has 136 valence electrons. The number of para-hydroxylation sites is 1. The van der Waals surface area contributed by atoms with Crippen LogP contribution in [0.3, 0.4) is 0 Å². The fourth-order valence-electron chi connectivity index (χ4n) is 2.46. The SMILES string of the molecule is C=CCn1c(SCCC(=O)Nc2ccccc2C#N)nc2ccsc2c1=O. The van der Waals surface area contributed by atoms with Crippen molar-refractivity contribution in [3.63, 3.8) is 0 Å². The van der Waals surface area contributed by atoms with E-state index in [1.54, 1.807) is 34.9 Å². The zero-order valence-electron chi connectivity index (χ0n) is 14.3. The summed E-state index contributed by atoms with van der Waals surface area (Å²) >= 11 is 2.72. The molecule has 0 atom stereocenters. The molecule has 0 aliphatic carbocycles. The lowest BCUT2D eigenvalue weighted by Gasteiger charge is -2.10. The molecule has 3 aromatic rings. The fourth-order valence-corrected chi connectivity index (χ4v) is 4.19. The van der Waals surface area contributed by atoms with Gasteiger partial charge >= 0.3 is 0 Å². The number of nitrogens with zero attached hydrogens (tertiary/aromatic N) is 3. The van der Waals surface area contributed by atoms with E-state index >= 15 is 0 Å². The highest BCUT2D eigenvalue weighted by atomic mass is 32.2. The largest absolute Gasteiger partial charge is 0.325 e. The van der Waals surface area contributed by atoms with E-state index in [1.807, 2.05) is 17.5 Å². The van der Waals surface area contributed by atoms with Gasteiger partial charge in [-0.2, -0.15) is 5.26 Å². The minimum Gasteiger partial charge on any atom is -0.325 e. The third-order valence-electron chi connectivity index (χ3n) is 3.72. The van der Waals surface area contributed by atoms with Gasteiger partial charge in [0.15, 0.2) is 5.16 Å². The molecule has 0 spiro atoms. The summed E-state index contributed by atoms with van der Waals surface area (Å²) in [6.07, 6.45) is 1.88. The lowest BCUT2D eigenvalue weighted by molar-refractivity contribution is -0.115. The molecule has 0 unspecified atom stereocenters. The highest BCUT2D eigenvalue weighted by molar-refractivity contribution is 7.99. The average molecular weight is 396 g/mol. The number of thioether (sulfide) groups is 1. The Morgan fingerprint density at radius 3 is 3.00 bits per heavy atom. The first kappa shape index (κ1) is 18.9. The number of carbonyl (C=O) groups excluding carboxylic acids is 1. The second-order valence-electron chi connectivity index (χ2n) is 5.54. The number of hydrogen-bond acceptors (Lipinski definition) is 6. The monoisotopic (exact) mass is 396 g/mol. The Morgan fingerprint density at radius 1 is 1.41 bits per heavy atom. The van der Waals surface area contributed by atoms with Crippen molar-refractivity contribution >= 4 is 44.9 Å². The summed E-state index contributed by atoms with van der Waals surface area (Å²) in [6, 6.07) is 10.7. The van der Waals surface area contributed by atoms with Crippen LogP contribution in [0.4, 0.5) is 5.69 Å². The molecule has 0 saturated carbocycles. The van der Waals surface area contributed by atoms with Crippen LogP contribution in [0.5, 0.6) is 0 Å². The van der Waals surface area contributed by atoms with Gasteiger partial charge in [0.25, 0.3) is 5.56 Å². The second kappa shape index (κ2) is 8.66. The predicted octanol–water partition coefficient (Wildman–Crippen LogP) is 3.64. The van der Waals surface area contributed by atoms with Crippen molar-refractivity contribution in [3.8, 4) is 6.07 Å². The van der Waals surface area contributed by atoms with E-state index in [0.29, 0.717) is 38.9 Å². The van der Waals surface area contributed by atoms with Crippen molar-refractivity contribution < 1.29 is 4.79 Å². The van der Waals surface area contributed by atoms with Gasteiger partial charge in [-0.25, -0.2) is 4.98 Å². The number of benzene rings is 1. The maximum Gasteiger partial charge on any atom is 0.272 e. The molecule has 0 aliphatic rings. The molecule has 8 heteroatoms. The summed E-state index contributed by atoms with van der Waals surface area (Å²) in [5, 5.41) is 14.2. The van der Waals surface area contributed by atoms with Crippen molar-refractivity contribution in [2.45, 2.75) is 18.1 Å². The number of rotatable bonds is 7. The molecule has 0 fully saturated rings. The van der Waals surface area contributed by atoms with Gasteiger partial charge in [-0.05, 0) is 23.6 Å². The Hall–Kier alpha value is -2.89.